The lowest BCUT2D eigenvalue weighted by Gasteiger charge is -2.10. The molecule has 0 bridgehead atoms. The van der Waals surface area contributed by atoms with Crippen molar-refractivity contribution in [2.75, 3.05) is 0 Å². The van der Waals surface area contributed by atoms with E-state index in [2.05, 4.69) is 44.2 Å². The molecule has 0 aliphatic heterocycles. The lowest BCUT2D eigenvalue weighted by atomic mass is 10.1. The third kappa shape index (κ3) is 4.36. The number of allylic oxidation sites excluding steroid dienone is 3. The number of hydrogen-bond donors (Lipinski definition) is 0. The van der Waals surface area contributed by atoms with E-state index in [0.29, 0.717) is 0 Å². The van der Waals surface area contributed by atoms with Gasteiger partial charge in [0.1, 0.15) is 11.5 Å². The van der Waals surface area contributed by atoms with Gasteiger partial charge in [0.05, 0.1) is 0 Å². The summed E-state index contributed by atoms with van der Waals surface area (Å²) in [5, 5.41) is 0. The standard InChI is InChI=1S/C21H24O/c1-4-6-10-17(3)18-13-15-20(16-14-18)22-21-12-8-7-11-19(21)9-5-2/h5,7-16H,4,6H2,1-3H3. The highest BCUT2D eigenvalue weighted by Gasteiger charge is 2.02. The molecule has 0 saturated carbocycles. The lowest BCUT2D eigenvalue weighted by Crippen LogP contribution is -1.88. The Balaban J connectivity index is 2.15. The van der Waals surface area contributed by atoms with Crippen molar-refractivity contribution >= 4 is 11.6 Å². The second kappa shape index (κ2) is 8.23. The van der Waals surface area contributed by atoms with E-state index >= 15 is 0 Å². The zero-order valence-electron chi connectivity index (χ0n) is 13.7. The summed E-state index contributed by atoms with van der Waals surface area (Å²) in [6.45, 7) is 6.37. The predicted molar refractivity (Wildman–Crippen MR) is 96.2 cm³/mol. The minimum Gasteiger partial charge on any atom is -0.457 e. The van der Waals surface area contributed by atoms with Gasteiger partial charge >= 0.3 is 0 Å². The van der Waals surface area contributed by atoms with Crippen LogP contribution in [0.5, 0.6) is 11.5 Å². The van der Waals surface area contributed by atoms with Crippen LogP contribution >= 0.6 is 0 Å². The first-order valence-electron chi connectivity index (χ1n) is 7.91. The molecule has 1 nitrogen and oxygen atoms in total. The third-order valence-electron chi connectivity index (χ3n) is 3.54. The van der Waals surface area contributed by atoms with Crippen LogP contribution in [0.3, 0.4) is 0 Å². The van der Waals surface area contributed by atoms with Crippen LogP contribution in [0.1, 0.15) is 44.7 Å². The van der Waals surface area contributed by atoms with Crippen molar-refractivity contribution in [3.63, 3.8) is 0 Å². The summed E-state index contributed by atoms with van der Waals surface area (Å²) >= 11 is 0. The third-order valence-corrected chi connectivity index (χ3v) is 3.54. The summed E-state index contributed by atoms with van der Waals surface area (Å²) in [7, 11) is 0. The molecule has 1 heteroatoms. The molecule has 0 atom stereocenters. The van der Waals surface area contributed by atoms with Crippen molar-refractivity contribution in [2.45, 2.75) is 33.6 Å². The number of hydrogen-bond acceptors (Lipinski definition) is 1. The van der Waals surface area contributed by atoms with Gasteiger partial charge < -0.3 is 4.74 Å². The molecular weight excluding hydrogens is 268 g/mol. The number of unbranched alkanes of at least 4 members (excludes halogenated alkanes) is 1. The lowest BCUT2D eigenvalue weighted by molar-refractivity contribution is 0.481. The van der Waals surface area contributed by atoms with Gasteiger partial charge in [0.25, 0.3) is 0 Å². The molecule has 0 aliphatic carbocycles. The first-order chi connectivity index (χ1) is 10.7. The van der Waals surface area contributed by atoms with Crippen molar-refractivity contribution in [3.05, 3.63) is 71.8 Å². The van der Waals surface area contributed by atoms with Gasteiger partial charge in [0.2, 0.25) is 0 Å². The quantitative estimate of drug-likeness (QED) is 0.574. The summed E-state index contributed by atoms with van der Waals surface area (Å²) in [6.07, 6.45) is 8.67. The molecule has 2 rings (SSSR count). The molecule has 0 aliphatic rings. The fourth-order valence-corrected chi connectivity index (χ4v) is 2.28. The van der Waals surface area contributed by atoms with Gasteiger partial charge in [-0.2, -0.15) is 0 Å². The second-order valence-electron chi connectivity index (χ2n) is 5.34. The SMILES string of the molecule is CC=Cc1ccccc1Oc1ccc(C(C)=CCCC)cc1. The number of para-hydroxylation sites is 1. The van der Waals surface area contributed by atoms with Gasteiger partial charge in [-0.3, -0.25) is 0 Å². The van der Waals surface area contributed by atoms with E-state index < -0.39 is 0 Å². The highest BCUT2D eigenvalue weighted by atomic mass is 16.5. The van der Waals surface area contributed by atoms with E-state index in [4.69, 9.17) is 4.74 Å². The van der Waals surface area contributed by atoms with Crippen LogP contribution in [0, 0.1) is 0 Å². The van der Waals surface area contributed by atoms with Gasteiger partial charge in [0.15, 0.2) is 0 Å². The van der Waals surface area contributed by atoms with Crippen LogP contribution < -0.4 is 4.74 Å². The molecule has 0 saturated heterocycles. The average molecular weight is 292 g/mol. The maximum Gasteiger partial charge on any atom is 0.134 e. The summed E-state index contributed by atoms with van der Waals surface area (Å²) < 4.78 is 6.01. The fraction of sp³-hybridized carbons (Fsp3) is 0.238. The molecular formula is C21H24O. The van der Waals surface area contributed by atoms with Gasteiger partial charge in [-0.25, -0.2) is 0 Å². The molecule has 114 valence electrons. The van der Waals surface area contributed by atoms with Crippen molar-refractivity contribution in [1.29, 1.82) is 0 Å². The predicted octanol–water partition coefficient (Wildman–Crippen LogP) is 6.72. The first-order valence-corrected chi connectivity index (χ1v) is 7.91. The van der Waals surface area contributed by atoms with Gasteiger partial charge in [-0.05, 0) is 49.6 Å². The van der Waals surface area contributed by atoms with E-state index in [1.165, 1.54) is 17.6 Å². The Morgan fingerprint density at radius 2 is 1.77 bits per heavy atom. The highest BCUT2D eigenvalue weighted by Crippen LogP contribution is 2.27. The van der Waals surface area contributed by atoms with Crippen molar-refractivity contribution in [1.82, 2.24) is 0 Å². The van der Waals surface area contributed by atoms with E-state index in [9.17, 15) is 0 Å². The fourth-order valence-electron chi connectivity index (χ4n) is 2.28. The number of benzene rings is 2. The summed E-state index contributed by atoms with van der Waals surface area (Å²) in [5.74, 6) is 1.75. The van der Waals surface area contributed by atoms with Crippen LogP contribution in [0.25, 0.3) is 11.6 Å². The first kappa shape index (κ1) is 16.1. The van der Waals surface area contributed by atoms with Crippen molar-refractivity contribution < 1.29 is 4.74 Å². The molecule has 0 amide bonds. The molecule has 0 unspecified atom stereocenters. The summed E-state index contributed by atoms with van der Waals surface area (Å²) in [5.41, 5.74) is 3.67. The zero-order valence-corrected chi connectivity index (χ0v) is 13.7. The molecule has 2 aromatic carbocycles. The maximum absolute atomic E-state index is 6.01. The van der Waals surface area contributed by atoms with Crippen LogP contribution in [0.4, 0.5) is 0 Å². The van der Waals surface area contributed by atoms with Crippen molar-refractivity contribution in [3.8, 4) is 11.5 Å². The molecule has 22 heavy (non-hydrogen) atoms. The van der Waals surface area contributed by atoms with Gasteiger partial charge in [0, 0.05) is 5.56 Å². The van der Waals surface area contributed by atoms with Gasteiger partial charge in [-0.15, -0.1) is 0 Å². The van der Waals surface area contributed by atoms with Crippen molar-refractivity contribution in [2.24, 2.45) is 0 Å². The van der Waals surface area contributed by atoms with Crippen LogP contribution in [-0.4, -0.2) is 0 Å². The Labute approximate surface area is 134 Å². The Hall–Kier alpha value is -2.28. The average Bonchev–Trinajstić information content (AvgIpc) is 2.55. The molecule has 0 fully saturated rings. The maximum atomic E-state index is 6.01. The molecule has 0 spiro atoms. The number of rotatable bonds is 6. The topological polar surface area (TPSA) is 9.23 Å². The largest absolute Gasteiger partial charge is 0.457 e. The van der Waals surface area contributed by atoms with Crippen LogP contribution in [0.15, 0.2) is 60.7 Å². The van der Waals surface area contributed by atoms with E-state index in [-0.39, 0.29) is 0 Å². The molecule has 0 N–H and O–H groups in total. The minimum absolute atomic E-state index is 0.865. The van der Waals surface area contributed by atoms with E-state index in [1.54, 1.807) is 0 Å². The number of ether oxygens (including phenoxy) is 1. The monoisotopic (exact) mass is 292 g/mol. The Morgan fingerprint density at radius 3 is 2.45 bits per heavy atom. The summed E-state index contributed by atoms with van der Waals surface area (Å²) in [6, 6.07) is 16.4. The Kier molecular flexibility index (Phi) is 6.02. The normalized spacial score (nSPS) is 11.9. The highest BCUT2D eigenvalue weighted by molar-refractivity contribution is 5.64. The smallest absolute Gasteiger partial charge is 0.134 e. The van der Waals surface area contributed by atoms with Gasteiger partial charge in [-0.1, -0.05) is 61.9 Å². The van der Waals surface area contributed by atoms with E-state index in [0.717, 1.165) is 23.5 Å². The minimum atomic E-state index is 0.865. The molecule has 0 radical (unpaired) electrons. The Morgan fingerprint density at radius 1 is 1.05 bits per heavy atom. The van der Waals surface area contributed by atoms with E-state index in [1.807, 2.05) is 43.3 Å². The zero-order chi connectivity index (χ0) is 15.8. The van der Waals surface area contributed by atoms with Crippen LogP contribution in [0.2, 0.25) is 0 Å². The van der Waals surface area contributed by atoms with Crippen LogP contribution in [-0.2, 0) is 0 Å². The molecule has 0 heterocycles. The second-order valence-corrected chi connectivity index (χ2v) is 5.34. The summed E-state index contributed by atoms with van der Waals surface area (Å²) in [4.78, 5) is 0. The molecule has 0 aromatic heterocycles. The molecule has 2 aromatic rings. The Bertz CT molecular complexity index is 648.